The van der Waals surface area contributed by atoms with Crippen molar-refractivity contribution in [3.63, 3.8) is 0 Å². The van der Waals surface area contributed by atoms with Gasteiger partial charge in [-0.3, -0.25) is 9.20 Å². The first-order chi connectivity index (χ1) is 13.4. The fourth-order valence-electron chi connectivity index (χ4n) is 3.13. The summed E-state index contributed by atoms with van der Waals surface area (Å²) >= 11 is 0. The van der Waals surface area contributed by atoms with Crippen LogP contribution in [0.5, 0.6) is 0 Å². The lowest BCUT2D eigenvalue weighted by Crippen LogP contribution is -1.96. The molecule has 0 aliphatic heterocycles. The third-order valence-corrected chi connectivity index (χ3v) is 5.61. The molecular weight excluding hydrogens is 379 g/mol. The molecule has 4 aromatic rings. The average Bonchev–Trinajstić information content (AvgIpc) is 3.07. The van der Waals surface area contributed by atoms with E-state index in [1.54, 1.807) is 47.0 Å². The molecular formula is C21H15FN2O3S. The van der Waals surface area contributed by atoms with Crippen LogP contribution in [0, 0.1) is 5.82 Å². The first kappa shape index (κ1) is 18.1. The summed E-state index contributed by atoms with van der Waals surface area (Å²) in [5.74, 6) is -0.356. The summed E-state index contributed by atoms with van der Waals surface area (Å²) in [4.78, 5) is 16.3. The molecule has 0 saturated carbocycles. The van der Waals surface area contributed by atoms with Gasteiger partial charge in [0, 0.05) is 23.6 Å². The van der Waals surface area contributed by atoms with E-state index in [2.05, 4.69) is 4.98 Å². The van der Waals surface area contributed by atoms with Crippen LogP contribution < -0.4 is 0 Å². The highest BCUT2D eigenvalue weighted by atomic mass is 32.2. The maximum Gasteiger partial charge on any atom is 0.175 e. The Balaban J connectivity index is 2.01. The van der Waals surface area contributed by atoms with Crippen molar-refractivity contribution < 1.29 is 17.6 Å². The van der Waals surface area contributed by atoms with Gasteiger partial charge in [0.15, 0.2) is 16.1 Å². The van der Waals surface area contributed by atoms with Gasteiger partial charge in [0.2, 0.25) is 0 Å². The van der Waals surface area contributed by atoms with E-state index in [-0.39, 0.29) is 10.7 Å². The number of halogens is 1. The van der Waals surface area contributed by atoms with Crippen LogP contribution in [0.1, 0.15) is 10.4 Å². The van der Waals surface area contributed by atoms with Crippen molar-refractivity contribution in [2.24, 2.45) is 0 Å². The van der Waals surface area contributed by atoms with Crippen molar-refractivity contribution in [3.05, 3.63) is 78.2 Å². The van der Waals surface area contributed by atoms with Crippen LogP contribution in [0.3, 0.4) is 0 Å². The highest BCUT2D eigenvalue weighted by Crippen LogP contribution is 2.34. The minimum atomic E-state index is -3.32. The molecule has 0 fully saturated rings. The first-order valence-electron chi connectivity index (χ1n) is 8.41. The van der Waals surface area contributed by atoms with Gasteiger partial charge in [-0.25, -0.2) is 17.8 Å². The molecule has 4 rings (SSSR count). The van der Waals surface area contributed by atoms with Crippen LogP contribution in [0.2, 0.25) is 0 Å². The molecule has 2 heterocycles. The molecule has 140 valence electrons. The maximum absolute atomic E-state index is 13.4. The number of nitrogens with zero attached hydrogens (tertiary/aromatic N) is 2. The number of pyridine rings is 1. The van der Waals surface area contributed by atoms with Crippen molar-refractivity contribution in [3.8, 4) is 22.5 Å². The van der Waals surface area contributed by atoms with E-state index in [1.165, 1.54) is 24.3 Å². The van der Waals surface area contributed by atoms with Crippen molar-refractivity contribution in [2.45, 2.75) is 4.90 Å². The predicted octanol–water partition coefficient (Wildman–Crippen LogP) is 4.02. The van der Waals surface area contributed by atoms with Crippen LogP contribution >= 0.6 is 0 Å². The molecule has 0 spiro atoms. The highest BCUT2D eigenvalue weighted by Gasteiger charge is 2.18. The van der Waals surface area contributed by atoms with Gasteiger partial charge < -0.3 is 0 Å². The van der Waals surface area contributed by atoms with E-state index in [4.69, 9.17) is 0 Å². The van der Waals surface area contributed by atoms with Gasteiger partial charge in [0.25, 0.3) is 0 Å². The monoisotopic (exact) mass is 394 g/mol. The third kappa shape index (κ3) is 3.10. The molecule has 0 aliphatic rings. The molecule has 0 unspecified atom stereocenters. The van der Waals surface area contributed by atoms with E-state index in [0.29, 0.717) is 28.2 Å². The fourth-order valence-corrected chi connectivity index (χ4v) is 3.76. The molecule has 0 aliphatic carbocycles. The minimum Gasteiger partial charge on any atom is -0.298 e. The summed E-state index contributed by atoms with van der Waals surface area (Å²) in [5.41, 5.74) is 3.56. The Morgan fingerprint density at radius 3 is 2.21 bits per heavy atom. The number of benzene rings is 2. The number of sulfone groups is 1. The first-order valence-corrected chi connectivity index (χ1v) is 10.3. The van der Waals surface area contributed by atoms with Gasteiger partial charge in [-0.2, -0.15) is 0 Å². The highest BCUT2D eigenvalue weighted by molar-refractivity contribution is 7.90. The van der Waals surface area contributed by atoms with Crippen molar-refractivity contribution in [1.29, 1.82) is 0 Å². The van der Waals surface area contributed by atoms with Gasteiger partial charge >= 0.3 is 0 Å². The fraction of sp³-hybridized carbons (Fsp3) is 0.0476. The van der Waals surface area contributed by atoms with Crippen LogP contribution in [-0.2, 0) is 9.84 Å². The molecule has 0 bridgehead atoms. The zero-order chi connectivity index (χ0) is 19.9. The molecule has 2 aromatic carbocycles. The van der Waals surface area contributed by atoms with Gasteiger partial charge in [-0.15, -0.1) is 0 Å². The van der Waals surface area contributed by atoms with E-state index < -0.39 is 9.84 Å². The molecule has 7 heteroatoms. The normalized spacial score (nSPS) is 11.6. The topological polar surface area (TPSA) is 68.5 Å². The number of carbonyl (C=O) groups excluding carboxylic acids is 1. The number of carbonyl (C=O) groups is 1. The largest absolute Gasteiger partial charge is 0.298 e. The van der Waals surface area contributed by atoms with Crippen LogP contribution in [0.25, 0.3) is 28.2 Å². The minimum absolute atomic E-state index is 0.205. The Hall–Kier alpha value is -3.32. The van der Waals surface area contributed by atoms with Crippen LogP contribution in [-0.4, -0.2) is 30.3 Å². The van der Waals surface area contributed by atoms with E-state index >= 15 is 0 Å². The summed E-state index contributed by atoms with van der Waals surface area (Å²) in [6.45, 7) is 0. The summed E-state index contributed by atoms with van der Waals surface area (Å²) in [7, 11) is -3.32. The van der Waals surface area contributed by atoms with Crippen molar-refractivity contribution >= 4 is 21.8 Å². The van der Waals surface area contributed by atoms with Crippen molar-refractivity contribution in [2.75, 3.05) is 6.26 Å². The number of hydrogen-bond donors (Lipinski definition) is 0. The molecule has 2 aromatic heterocycles. The summed E-state index contributed by atoms with van der Waals surface area (Å²) < 4.78 is 38.7. The predicted molar refractivity (Wildman–Crippen MR) is 105 cm³/mol. The Labute approximate surface area is 161 Å². The van der Waals surface area contributed by atoms with Gasteiger partial charge in [-0.05, 0) is 48.5 Å². The second-order valence-electron chi connectivity index (χ2n) is 6.39. The van der Waals surface area contributed by atoms with Gasteiger partial charge in [0.05, 0.1) is 21.8 Å². The molecule has 0 amide bonds. The SMILES string of the molecule is CS(=O)(=O)c1ccc(-c2nc3c(C=O)cccn3c2-c2ccc(F)cc2)cc1. The quantitative estimate of drug-likeness (QED) is 0.490. The number of fused-ring (bicyclic) bond motifs is 1. The standard InChI is InChI=1S/C21H15FN2O3S/c1-28(26,27)18-10-6-14(7-11-18)19-20(15-4-8-17(22)9-5-15)24-12-2-3-16(13-25)21(24)23-19/h2-13H,1H3. The third-order valence-electron chi connectivity index (χ3n) is 4.48. The zero-order valence-electron chi connectivity index (χ0n) is 14.8. The maximum atomic E-state index is 13.4. The van der Waals surface area contributed by atoms with Crippen LogP contribution in [0.15, 0.2) is 71.8 Å². The molecule has 0 saturated heterocycles. The molecule has 0 radical (unpaired) electrons. The number of aldehydes is 1. The lowest BCUT2D eigenvalue weighted by Gasteiger charge is -2.07. The summed E-state index contributed by atoms with van der Waals surface area (Å²) in [6.07, 6.45) is 3.66. The van der Waals surface area contributed by atoms with E-state index in [0.717, 1.165) is 18.1 Å². The van der Waals surface area contributed by atoms with Gasteiger partial charge in [0.1, 0.15) is 11.5 Å². The number of aromatic nitrogens is 2. The lowest BCUT2D eigenvalue weighted by molar-refractivity contribution is 0.112. The van der Waals surface area contributed by atoms with E-state index in [1.807, 2.05) is 0 Å². The Kier molecular flexibility index (Phi) is 4.31. The summed E-state index contributed by atoms with van der Waals surface area (Å²) in [5, 5.41) is 0. The smallest absolute Gasteiger partial charge is 0.175 e. The van der Waals surface area contributed by atoms with Crippen LogP contribution in [0.4, 0.5) is 4.39 Å². The lowest BCUT2D eigenvalue weighted by atomic mass is 10.0. The number of hydrogen-bond acceptors (Lipinski definition) is 4. The number of rotatable bonds is 4. The Morgan fingerprint density at radius 1 is 0.964 bits per heavy atom. The van der Waals surface area contributed by atoms with E-state index in [9.17, 15) is 17.6 Å². The molecule has 0 N–H and O–H groups in total. The van der Waals surface area contributed by atoms with Gasteiger partial charge in [-0.1, -0.05) is 12.1 Å². The molecule has 28 heavy (non-hydrogen) atoms. The molecule has 0 atom stereocenters. The molecule has 5 nitrogen and oxygen atoms in total. The number of imidazole rings is 1. The zero-order valence-corrected chi connectivity index (χ0v) is 15.7. The summed E-state index contributed by atoms with van der Waals surface area (Å²) in [6, 6.07) is 15.8. The second kappa shape index (κ2) is 6.69. The Morgan fingerprint density at radius 2 is 1.61 bits per heavy atom. The second-order valence-corrected chi connectivity index (χ2v) is 8.40. The average molecular weight is 394 g/mol. The Bertz CT molecular complexity index is 1290. The van der Waals surface area contributed by atoms with Crippen molar-refractivity contribution in [1.82, 2.24) is 9.38 Å².